The van der Waals surface area contributed by atoms with Gasteiger partial charge in [-0.3, -0.25) is 0 Å². The van der Waals surface area contributed by atoms with Crippen molar-refractivity contribution < 1.29 is 5.11 Å². The molecule has 0 radical (unpaired) electrons. The molecular weight excluding hydrogens is 188 g/mol. The third kappa shape index (κ3) is 6.88. The first-order valence-corrected chi connectivity index (χ1v) is 5.71. The lowest BCUT2D eigenvalue weighted by atomic mass is 9.95. The maximum atomic E-state index is 9.25. The van der Waals surface area contributed by atoms with Crippen LogP contribution in [-0.2, 0) is 0 Å². The van der Waals surface area contributed by atoms with E-state index >= 15 is 0 Å². The van der Waals surface area contributed by atoms with Crippen LogP contribution in [-0.4, -0.2) is 49.3 Å². The molecule has 0 rings (SSSR count). The fraction of sp³-hybridized carbons (Fsp3) is 1.00. The number of aliphatic hydroxyl groups is 1. The van der Waals surface area contributed by atoms with Crippen molar-refractivity contribution in [3.8, 4) is 0 Å². The van der Waals surface area contributed by atoms with Crippen molar-refractivity contribution >= 4 is 0 Å². The third-order valence-corrected chi connectivity index (χ3v) is 2.74. The van der Waals surface area contributed by atoms with Gasteiger partial charge in [-0.2, -0.15) is 0 Å². The van der Waals surface area contributed by atoms with Crippen molar-refractivity contribution in [1.29, 1.82) is 0 Å². The standard InChI is InChI=1S/C12H28N2O/c1-11(2,3)9-14(6)8-7-12(4,10-15)13-5/h13,15H,7-10H2,1-6H3. The number of rotatable bonds is 6. The Labute approximate surface area is 94.9 Å². The Balaban J connectivity index is 3.94. The third-order valence-electron chi connectivity index (χ3n) is 2.74. The number of nitrogens with one attached hydrogen (secondary N) is 1. The monoisotopic (exact) mass is 216 g/mol. The maximum Gasteiger partial charge on any atom is 0.0610 e. The molecule has 0 spiro atoms. The van der Waals surface area contributed by atoms with Gasteiger partial charge >= 0.3 is 0 Å². The van der Waals surface area contributed by atoms with Gasteiger partial charge in [0.15, 0.2) is 0 Å². The molecule has 0 heterocycles. The largest absolute Gasteiger partial charge is 0.394 e. The van der Waals surface area contributed by atoms with Crippen molar-refractivity contribution in [1.82, 2.24) is 10.2 Å². The van der Waals surface area contributed by atoms with Gasteiger partial charge in [0.05, 0.1) is 6.61 Å². The molecule has 0 saturated heterocycles. The Morgan fingerprint density at radius 3 is 2.07 bits per heavy atom. The lowest BCUT2D eigenvalue weighted by Gasteiger charge is -2.32. The van der Waals surface area contributed by atoms with E-state index in [1.165, 1.54) is 0 Å². The van der Waals surface area contributed by atoms with Crippen LogP contribution >= 0.6 is 0 Å². The minimum atomic E-state index is -0.147. The summed E-state index contributed by atoms with van der Waals surface area (Å²) < 4.78 is 0. The summed E-state index contributed by atoms with van der Waals surface area (Å²) >= 11 is 0. The maximum absolute atomic E-state index is 9.25. The second-order valence-electron chi connectivity index (χ2n) is 6.02. The molecule has 92 valence electrons. The second-order valence-corrected chi connectivity index (χ2v) is 6.02. The SMILES string of the molecule is CNC(C)(CO)CCN(C)CC(C)(C)C. The highest BCUT2D eigenvalue weighted by atomic mass is 16.3. The summed E-state index contributed by atoms with van der Waals surface area (Å²) in [6.45, 7) is 11.1. The Morgan fingerprint density at radius 1 is 1.20 bits per heavy atom. The molecule has 3 nitrogen and oxygen atoms in total. The number of likely N-dealkylation sites (N-methyl/N-ethyl adjacent to an activating group) is 1. The number of aliphatic hydroxyl groups excluding tert-OH is 1. The summed E-state index contributed by atoms with van der Waals surface area (Å²) in [5, 5.41) is 12.4. The highest BCUT2D eigenvalue weighted by molar-refractivity contribution is 4.81. The Hall–Kier alpha value is -0.120. The van der Waals surface area contributed by atoms with Crippen molar-refractivity contribution in [3.05, 3.63) is 0 Å². The molecule has 1 unspecified atom stereocenters. The lowest BCUT2D eigenvalue weighted by molar-refractivity contribution is 0.147. The quantitative estimate of drug-likeness (QED) is 0.703. The topological polar surface area (TPSA) is 35.5 Å². The second kappa shape index (κ2) is 5.83. The fourth-order valence-electron chi connectivity index (χ4n) is 1.61. The first-order chi connectivity index (χ1) is 6.72. The zero-order valence-electron chi connectivity index (χ0n) is 11.2. The summed E-state index contributed by atoms with van der Waals surface area (Å²) in [5.74, 6) is 0. The molecule has 0 aromatic rings. The summed E-state index contributed by atoms with van der Waals surface area (Å²) in [7, 11) is 4.04. The molecule has 0 amide bonds. The molecule has 0 aliphatic rings. The average Bonchev–Trinajstić information content (AvgIpc) is 2.12. The smallest absolute Gasteiger partial charge is 0.0610 e. The average molecular weight is 216 g/mol. The Morgan fingerprint density at radius 2 is 1.73 bits per heavy atom. The zero-order chi connectivity index (χ0) is 12.1. The summed E-state index contributed by atoms with van der Waals surface area (Å²) in [6.07, 6.45) is 0.965. The van der Waals surface area contributed by atoms with Crippen molar-refractivity contribution in [2.75, 3.05) is 33.8 Å². The number of hydrogen-bond donors (Lipinski definition) is 2. The molecule has 0 bridgehead atoms. The predicted octanol–water partition coefficient (Wildman–Crippen LogP) is 1.32. The highest BCUT2D eigenvalue weighted by Gasteiger charge is 2.22. The van der Waals surface area contributed by atoms with Crippen LogP contribution in [0, 0.1) is 5.41 Å². The van der Waals surface area contributed by atoms with Gasteiger partial charge in [0.1, 0.15) is 0 Å². The van der Waals surface area contributed by atoms with Gasteiger partial charge in [-0.25, -0.2) is 0 Å². The van der Waals surface area contributed by atoms with Crippen molar-refractivity contribution in [2.45, 2.75) is 39.7 Å². The molecule has 0 fully saturated rings. The molecule has 0 aliphatic carbocycles. The Kier molecular flexibility index (Phi) is 5.78. The van der Waals surface area contributed by atoms with Crippen LogP contribution in [0.5, 0.6) is 0 Å². The molecule has 0 aromatic carbocycles. The molecule has 3 heteroatoms. The number of hydrogen-bond acceptors (Lipinski definition) is 3. The lowest BCUT2D eigenvalue weighted by Crippen LogP contribution is -2.46. The van der Waals surface area contributed by atoms with Crippen LogP contribution in [0.1, 0.15) is 34.1 Å². The zero-order valence-corrected chi connectivity index (χ0v) is 11.2. The minimum Gasteiger partial charge on any atom is -0.394 e. The molecule has 0 saturated carbocycles. The highest BCUT2D eigenvalue weighted by Crippen LogP contribution is 2.15. The van der Waals surface area contributed by atoms with Crippen LogP contribution in [0.3, 0.4) is 0 Å². The molecule has 1 atom stereocenters. The molecule has 0 aromatic heterocycles. The first-order valence-electron chi connectivity index (χ1n) is 5.71. The molecule has 2 N–H and O–H groups in total. The van der Waals surface area contributed by atoms with Crippen LogP contribution in [0.4, 0.5) is 0 Å². The minimum absolute atomic E-state index is 0.147. The van der Waals surface area contributed by atoms with E-state index in [1.54, 1.807) is 0 Å². The van der Waals surface area contributed by atoms with Gasteiger partial charge in [0.25, 0.3) is 0 Å². The van der Waals surface area contributed by atoms with E-state index < -0.39 is 0 Å². The summed E-state index contributed by atoms with van der Waals surface area (Å²) in [5.41, 5.74) is 0.191. The molecular formula is C12H28N2O. The van der Waals surface area contributed by atoms with Crippen LogP contribution in [0.25, 0.3) is 0 Å². The van der Waals surface area contributed by atoms with Crippen LogP contribution < -0.4 is 5.32 Å². The normalized spacial score (nSPS) is 16.8. The Bertz CT molecular complexity index is 171. The summed E-state index contributed by atoms with van der Waals surface area (Å²) in [6, 6.07) is 0. The predicted molar refractivity (Wildman–Crippen MR) is 66.1 cm³/mol. The number of nitrogens with zero attached hydrogens (tertiary/aromatic N) is 1. The molecule has 0 aliphatic heterocycles. The van der Waals surface area contributed by atoms with E-state index in [1.807, 2.05) is 7.05 Å². The van der Waals surface area contributed by atoms with Crippen molar-refractivity contribution in [3.63, 3.8) is 0 Å². The van der Waals surface area contributed by atoms with Gasteiger partial charge in [-0.05, 0) is 39.4 Å². The van der Waals surface area contributed by atoms with Crippen LogP contribution in [0.2, 0.25) is 0 Å². The van der Waals surface area contributed by atoms with Gasteiger partial charge < -0.3 is 15.3 Å². The van der Waals surface area contributed by atoms with E-state index in [2.05, 4.69) is 45.0 Å². The van der Waals surface area contributed by atoms with Gasteiger partial charge in [-0.15, -0.1) is 0 Å². The van der Waals surface area contributed by atoms with E-state index in [-0.39, 0.29) is 12.1 Å². The fourth-order valence-corrected chi connectivity index (χ4v) is 1.61. The first kappa shape index (κ1) is 14.9. The van der Waals surface area contributed by atoms with E-state index in [0.717, 1.165) is 19.5 Å². The van der Waals surface area contributed by atoms with E-state index in [9.17, 15) is 5.11 Å². The van der Waals surface area contributed by atoms with Gasteiger partial charge in [0.2, 0.25) is 0 Å². The van der Waals surface area contributed by atoms with Gasteiger partial charge in [-0.1, -0.05) is 20.8 Å². The van der Waals surface area contributed by atoms with Crippen LogP contribution in [0.15, 0.2) is 0 Å². The summed E-state index contributed by atoms with van der Waals surface area (Å²) in [4.78, 5) is 2.32. The van der Waals surface area contributed by atoms with E-state index in [4.69, 9.17) is 0 Å². The van der Waals surface area contributed by atoms with Gasteiger partial charge in [0, 0.05) is 12.1 Å². The van der Waals surface area contributed by atoms with E-state index in [0.29, 0.717) is 5.41 Å². The van der Waals surface area contributed by atoms with Crippen molar-refractivity contribution in [2.24, 2.45) is 5.41 Å². The molecule has 15 heavy (non-hydrogen) atoms.